The number of aromatic amines is 1. The molecule has 2 aliphatic rings. The van der Waals surface area contributed by atoms with E-state index in [1.807, 2.05) is 48.5 Å². The molecule has 3 unspecified atom stereocenters. The molecule has 0 radical (unpaired) electrons. The number of halogens is 1. The Hall–Kier alpha value is -3.33. The molecule has 2 aliphatic heterocycles. The molecule has 3 aromatic heterocycles. The van der Waals surface area contributed by atoms with Crippen LogP contribution >= 0.6 is 11.6 Å². The molecule has 5 heterocycles. The highest BCUT2D eigenvalue weighted by Crippen LogP contribution is 2.30. The van der Waals surface area contributed by atoms with Crippen molar-refractivity contribution < 1.29 is 14.2 Å². The lowest BCUT2D eigenvalue weighted by Crippen LogP contribution is -2.32. The summed E-state index contributed by atoms with van der Waals surface area (Å²) < 4.78 is 17.4. The minimum atomic E-state index is -0.118. The number of H-pyrrole nitrogens is 1. The van der Waals surface area contributed by atoms with Crippen molar-refractivity contribution in [2.45, 2.75) is 24.7 Å². The first kappa shape index (κ1) is 20.3. The monoisotopic (exact) mass is 461 g/mol. The van der Waals surface area contributed by atoms with Crippen LogP contribution in [0.3, 0.4) is 0 Å². The molecule has 0 bridgehead atoms. The molecule has 6 rings (SSSR count). The summed E-state index contributed by atoms with van der Waals surface area (Å²) in [6.07, 6.45) is 4.45. The van der Waals surface area contributed by atoms with Gasteiger partial charge in [-0.3, -0.25) is 10.1 Å². The molecule has 1 aromatic carbocycles. The van der Waals surface area contributed by atoms with Crippen molar-refractivity contribution in [2.24, 2.45) is 0 Å². The van der Waals surface area contributed by atoms with Crippen LogP contribution in [0.2, 0.25) is 5.02 Å². The molecule has 9 heteroatoms. The van der Waals surface area contributed by atoms with Crippen LogP contribution in [0.1, 0.15) is 6.42 Å². The third kappa shape index (κ3) is 4.08. The normalized spacial score (nSPS) is 21.8. The molecule has 2 fully saturated rings. The molecule has 0 saturated carbocycles. The molecule has 3 atom stereocenters. The predicted molar refractivity (Wildman–Crippen MR) is 122 cm³/mol. The van der Waals surface area contributed by atoms with Gasteiger partial charge in [-0.25, -0.2) is 9.97 Å². The van der Waals surface area contributed by atoms with E-state index >= 15 is 0 Å². The van der Waals surface area contributed by atoms with E-state index in [0.717, 1.165) is 35.4 Å². The Morgan fingerprint density at radius 2 is 1.73 bits per heavy atom. The first-order chi connectivity index (χ1) is 16.2. The van der Waals surface area contributed by atoms with Crippen LogP contribution in [0.25, 0.3) is 34.0 Å². The summed E-state index contributed by atoms with van der Waals surface area (Å²) in [6, 6.07) is 15.1. The summed E-state index contributed by atoms with van der Waals surface area (Å²) in [5.74, 6) is 1.80. The Bertz CT molecular complexity index is 1240. The topological polar surface area (TPSA) is 95.0 Å². The van der Waals surface area contributed by atoms with Gasteiger partial charge in [-0.05, 0) is 48.9 Å². The summed E-state index contributed by atoms with van der Waals surface area (Å²) in [5.41, 5.74) is 3.42. The van der Waals surface area contributed by atoms with E-state index in [4.69, 9.17) is 25.8 Å². The molecule has 1 N–H and O–H groups in total. The molecule has 166 valence electrons. The van der Waals surface area contributed by atoms with E-state index in [1.54, 1.807) is 12.4 Å². The third-order valence-electron chi connectivity index (χ3n) is 5.85. The number of benzene rings is 1. The fraction of sp³-hybridized carbons (Fsp3) is 0.250. The van der Waals surface area contributed by atoms with Gasteiger partial charge in [0.2, 0.25) is 5.88 Å². The Morgan fingerprint density at radius 3 is 2.52 bits per heavy atom. The highest BCUT2D eigenvalue weighted by Gasteiger charge is 2.43. The van der Waals surface area contributed by atoms with Gasteiger partial charge in [-0.15, -0.1) is 0 Å². The van der Waals surface area contributed by atoms with E-state index in [2.05, 4.69) is 25.1 Å². The largest absolute Gasteiger partial charge is 0.469 e. The number of nitrogens with one attached hydrogen (secondary N) is 1. The Balaban J connectivity index is 1.14. The van der Waals surface area contributed by atoms with E-state index < -0.39 is 0 Å². The molecule has 4 aromatic rings. The lowest BCUT2D eigenvalue weighted by atomic mass is 10.1. The number of ether oxygens (including phenoxy) is 3. The van der Waals surface area contributed by atoms with E-state index in [0.29, 0.717) is 29.2 Å². The Kier molecular flexibility index (Phi) is 5.26. The molecular formula is C24H20ClN5O3. The molecule has 2 saturated heterocycles. The summed E-state index contributed by atoms with van der Waals surface area (Å²) >= 11 is 5.96. The summed E-state index contributed by atoms with van der Waals surface area (Å²) in [5, 5.41) is 7.95. The molecule has 0 amide bonds. The second-order valence-electron chi connectivity index (χ2n) is 7.98. The maximum absolute atomic E-state index is 5.99. The number of pyridine rings is 2. The SMILES string of the molecule is Clc1ccc(-c2nc(-c3ccc(-c4ccc(OC5COC6CCOC65)nc4)nc3)n[nH]2)cc1. The maximum Gasteiger partial charge on any atom is 0.213 e. The zero-order chi connectivity index (χ0) is 22.2. The lowest BCUT2D eigenvalue weighted by Gasteiger charge is -2.17. The van der Waals surface area contributed by atoms with Crippen LogP contribution in [0.15, 0.2) is 60.9 Å². The van der Waals surface area contributed by atoms with Crippen molar-refractivity contribution in [3.63, 3.8) is 0 Å². The van der Waals surface area contributed by atoms with Crippen molar-refractivity contribution in [2.75, 3.05) is 13.2 Å². The number of aromatic nitrogens is 5. The van der Waals surface area contributed by atoms with Crippen LogP contribution in [0.4, 0.5) is 0 Å². The number of nitrogens with zero attached hydrogens (tertiary/aromatic N) is 4. The smallest absolute Gasteiger partial charge is 0.213 e. The van der Waals surface area contributed by atoms with Gasteiger partial charge in [0.25, 0.3) is 0 Å². The molecule has 0 spiro atoms. The van der Waals surface area contributed by atoms with Crippen molar-refractivity contribution >= 4 is 11.6 Å². The van der Waals surface area contributed by atoms with Crippen LogP contribution in [0.5, 0.6) is 5.88 Å². The van der Waals surface area contributed by atoms with Gasteiger partial charge in [0, 0.05) is 46.8 Å². The average molecular weight is 462 g/mol. The van der Waals surface area contributed by atoms with Crippen molar-refractivity contribution in [3.05, 3.63) is 65.9 Å². The fourth-order valence-corrected chi connectivity index (χ4v) is 4.24. The van der Waals surface area contributed by atoms with Gasteiger partial charge in [-0.1, -0.05) is 11.6 Å². The van der Waals surface area contributed by atoms with E-state index in [9.17, 15) is 0 Å². The quantitative estimate of drug-likeness (QED) is 0.476. The second kappa shape index (κ2) is 8.55. The van der Waals surface area contributed by atoms with Crippen molar-refractivity contribution in [1.82, 2.24) is 25.1 Å². The van der Waals surface area contributed by atoms with E-state index in [-0.39, 0.29) is 18.3 Å². The highest BCUT2D eigenvalue weighted by molar-refractivity contribution is 6.30. The lowest BCUT2D eigenvalue weighted by molar-refractivity contribution is 0.0289. The number of hydrogen-bond acceptors (Lipinski definition) is 7. The van der Waals surface area contributed by atoms with Crippen molar-refractivity contribution in [1.29, 1.82) is 0 Å². The van der Waals surface area contributed by atoms with Crippen molar-refractivity contribution in [3.8, 4) is 39.9 Å². The summed E-state index contributed by atoms with van der Waals surface area (Å²) in [7, 11) is 0. The molecule has 33 heavy (non-hydrogen) atoms. The van der Waals surface area contributed by atoms with Gasteiger partial charge in [-0.2, -0.15) is 5.10 Å². The number of hydrogen-bond donors (Lipinski definition) is 1. The van der Waals surface area contributed by atoms with Crippen LogP contribution in [-0.2, 0) is 9.47 Å². The third-order valence-corrected chi connectivity index (χ3v) is 6.10. The first-order valence-electron chi connectivity index (χ1n) is 10.7. The van der Waals surface area contributed by atoms with Crippen LogP contribution in [-0.4, -0.2) is 56.7 Å². The minimum Gasteiger partial charge on any atom is -0.469 e. The average Bonchev–Trinajstić information content (AvgIpc) is 3.59. The predicted octanol–water partition coefficient (Wildman–Crippen LogP) is 4.18. The zero-order valence-corrected chi connectivity index (χ0v) is 18.3. The Labute approximate surface area is 194 Å². The molecular weight excluding hydrogens is 442 g/mol. The van der Waals surface area contributed by atoms with Crippen LogP contribution in [0, 0.1) is 0 Å². The van der Waals surface area contributed by atoms with Gasteiger partial charge < -0.3 is 14.2 Å². The number of fused-ring (bicyclic) bond motifs is 1. The molecule has 8 nitrogen and oxygen atoms in total. The fourth-order valence-electron chi connectivity index (χ4n) is 4.11. The van der Waals surface area contributed by atoms with E-state index in [1.165, 1.54) is 0 Å². The summed E-state index contributed by atoms with van der Waals surface area (Å²) in [6.45, 7) is 1.25. The van der Waals surface area contributed by atoms with Gasteiger partial charge >= 0.3 is 0 Å². The summed E-state index contributed by atoms with van der Waals surface area (Å²) in [4.78, 5) is 13.6. The standard InChI is InChI=1S/C24H20ClN5O3/c25-17-5-1-14(2-6-17)23-28-24(30-29-23)16-3-7-18(26-12-16)15-4-8-21(27-11-15)33-20-13-32-19-9-10-31-22(19)20/h1-8,11-12,19-20,22H,9-10,13H2,(H,28,29,30). The maximum atomic E-state index is 5.99. The zero-order valence-electron chi connectivity index (χ0n) is 17.5. The highest BCUT2D eigenvalue weighted by atomic mass is 35.5. The minimum absolute atomic E-state index is 0.00320. The Morgan fingerprint density at radius 1 is 0.909 bits per heavy atom. The van der Waals surface area contributed by atoms with Gasteiger partial charge in [0.05, 0.1) is 18.4 Å². The van der Waals surface area contributed by atoms with Gasteiger partial charge in [0.1, 0.15) is 6.10 Å². The first-order valence-corrected chi connectivity index (χ1v) is 11.1. The molecule has 0 aliphatic carbocycles. The number of rotatable bonds is 5. The second-order valence-corrected chi connectivity index (χ2v) is 8.42. The van der Waals surface area contributed by atoms with Crippen LogP contribution < -0.4 is 4.74 Å². The van der Waals surface area contributed by atoms with Gasteiger partial charge in [0.15, 0.2) is 17.8 Å².